The third-order valence-electron chi connectivity index (χ3n) is 7.92. The molecule has 1 aliphatic carbocycles. The molecule has 7 nitrogen and oxygen atoms in total. The Morgan fingerprint density at radius 1 is 1.00 bits per heavy atom. The van der Waals surface area contributed by atoms with Gasteiger partial charge in [0.05, 0.1) is 11.3 Å². The number of carbonyl (C=O) groups is 1. The van der Waals surface area contributed by atoms with Crippen LogP contribution in [0.3, 0.4) is 0 Å². The van der Waals surface area contributed by atoms with E-state index in [4.69, 9.17) is 4.74 Å². The molecule has 2 heterocycles. The molecule has 1 fully saturated rings. The molecule has 0 radical (unpaired) electrons. The van der Waals surface area contributed by atoms with E-state index < -0.39 is 39.4 Å². The van der Waals surface area contributed by atoms with E-state index in [0.29, 0.717) is 5.69 Å². The van der Waals surface area contributed by atoms with E-state index in [1.165, 1.54) is 10.4 Å². The SMILES string of the molecule is CN1[C@H](C2CCCCC2)N(c2ccccc2)c2cc3c(cc2S1(=O)=O)-c1cc(C(=O)O)c(F)c(F)c1CO3. The molecule has 0 aromatic heterocycles. The number of hydrogen-bond donors (Lipinski definition) is 1. The fourth-order valence-corrected chi connectivity index (χ4v) is 7.60. The molecule has 3 aliphatic rings. The van der Waals surface area contributed by atoms with Gasteiger partial charge in [0.25, 0.3) is 0 Å². The fourth-order valence-electron chi connectivity index (χ4n) is 6.05. The monoisotopic (exact) mass is 540 g/mol. The molecule has 1 saturated carbocycles. The highest BCUT2D eigenvalue weighted by molar-refractivity contribution is 7.89. The molecule has 0 bridgehead atoms. The van der Waals surface area contributed by atoms with Crippen molar-refractivity contribution in [2.24, 2.45) is 5.92 Å². The zero-order valence-electron chi connectivity index (χ0n) is 20.7. The lowest BCUT2D eigenvalue weighted by atomic mass is 9.86. The quantitative estimate of drug-likeness (QED) is 0.445. The molecule has 1 atom stereocenters. The second kappa shape index (κ2) is 9.06. The maximum Gasteiger partial charge on any atom is 0.338 e. The third kappa shape index (κ3) is 3.69. The van der Waals surface area contributed by atoms with Gasteiger partial charge in [0.1, 0.15) is 23.4 Å². The van der Waals surface area contributed by atoms with Gasteiger partial charge in [-0.15, -0.1) is 0 Å². The number of benzene rings is 3. The largest absolute Gasteiger partial charge is 0.488 e. The lowest BCUT2D eigenvalue weighted by Gasteiger charge is -2.48. The number of rotatable bonds is 3. The van der Waals surface area contributed by atoms with Crippen LogP contribution in [0.2, 0.25) is 0 Å². The summed E-state index contributed by atoms with van der Waals surface area (Å²) in [4.78, 5) is 13.6. The number of ether oxygens (including phenoxy) is 1. The normalized spacial score (nSPS) is 20.7. The average molecular weight is 541 g/mol. The van der Waals surface area contributed by atoms with Gasteiger partial charge in [-0.1, -0.05) is 37.5 Å². The molecule has 3 aromatic rings. The molecule has 38 heavy (non-hydrogen) atoms. The van der Waals surface area contributed by atoms with Gasteiger partial charge in [-0.05, 0) is 48.6 Å². The number of halogens is 2. The van der Waals surface area contributed by atoms with Crippen molar-refractivity contribution < 1.29 is 31.8 Å². The Morgan fingerprint density at radius 3 is 2.39 bits per heavy atom. The van der Waals surface area contributed by atoms with E-state index in [1.807, 2.05) is 35.2 Å². The first-order valence-corrected chi connectivity index (χ1v) is 14.0. The van der Waals surface area contributed by atoms with Crippen LogP contribution in [0.25, 0.3) is 11.1 Å². The summed E-state index contributed by atoms with van der Waals surface area (Å²) in [6, 6.07) is 13.6. The maximum atomic E-state index is 14.8. The lowest BCUT2D eigenvalue weighted by molar-refractivity contribution is 0.0690. The summed E-state index contributed by atoms with van der Waals surface area (Å²) in [7, 11) is -2.41. The Labute approximate surface area is 219 Å². The van der Waals surface area contributed by atoms with Crippen LogP contribution in [-0.2, 0) is 16.6 Å². The van der Waals surface area contributed by atoms with Gasteiger partial charge in [-0.2, -0.15) is 4.31 Å². The number of anilines is 2. The van der Waals surface area contributed by atoms with Crippen molar-refractivity contribution in [2.75, 3.05) is 11.9 Å². The average Bonchev–Trinajstić information content (AvgIpc) is 2.92. The summed E-state index contributed by atoms with van der Waals surface area (Å²) in [5, 5.41) is 9.42. The number of fused-ring (bicyclic) bond motifs is 4. The Kier molecular flexibility index (Phi) is 5.92. The third-order valence-corrected chi connectivity index (χ3v) is 9.78. The second-order valence-electron chi connectivity index (χ2n) is 10.0. The van der Waals surface area contributed by atoms with Gasteiger partial charge in [-0.3, -0.25) is 0 Å². The van der Waals surface area contributed by atoms with E-state index in [2.05, 4.69) is 0 Å². The van der Waals surface area contributed by atoms with Crippen molar-refractivity contribution in [3.05, 3.63) is 71.3 Å². The molecule has 0 spiro atoms. The molecule has 1 N–H and O–H groups in total. The summed E-state index contributed by atoms with van der Waals surface area (Å²) < 4.78 is 64.4. The minimum absolute atomic E-state index is 0.00674. The summed E-state index contributed by atoms with van der Waals surface area (Å²) >= 11 is 0. The smallest absolute Gasteiger partial charge is 0.338 e. The highest BCUT2D eigenvalue weighted by Crippen LogP contribution is 2.50. The first kappa shape index (κ1) is 24.8. The first-order chi connectivity index (χ1) is 18.2. The van der Waals surface area contributed by atoms with Crippen LogP contribution in [0.1, 0.15) is 48.0 Å². The molecule has 3 aromatic carbocycles. The zero-order valence-corrected chi connectivity index (χ0v) is 21.5. The van der Waals surface area contributed by atoms with Crippen molar-refractivity contribution in [1.82, 2.24) is 4.31 Å². The van der Waals surface area contributed by atoms with Gasteiger partial charge < -0.3 is 14.7 Å². The molecule has 10 heteroatoms. The summed E-state index contributed by atoms with van der Waals surface area (Å²) in [6.07, 6.45) is 4.54. The van der Waals surface area contributed by atoms with Crippen molar-refractivity contribution in [3.63, 3.8) is 0 Å². The Hall–Kier alpha value is -3.50. The number of para-hydroxylation sites is 1. The van der Waals surface area contributed by atoms with Gasteiger partial charge in [0.15, 0.2) is 11.6 Å². The molecular weight excluding hydrogens is 514 g/mol. The van der Waals surface area contributed by atoms with Crippen LogP contribution >= 0.6 is 0 Å². The minimum Gasteiger partial charge on any atom is -0.488 e. The van der Waals surface area contributed by atoms with Crippen molar-refractivity contribution in [3.8, 4) is 16.9 Å². The Balaban J connectivity index is 1.60. The van der Waals surface area contributed by atoms with Crippen molar-refractivity contribution >= 4 is 27.4 Å². The van der Waals surface area contributed by atoms with Gasteiger partial charge in [0.2, 0.25) is 10.0 Å². The van der Waals surface area contributed by atoms with E-state index >= 15 is 0 Å². The van der Waals surface area contributed by atoms with Crippen LogP contribution in [0.5, 0.6) is 5.75 Å². The molecule has 0 unspecified atom stereocenters. The Morgan fingerprint density at radius 2 is 1.71 bits per heavy atom. The minimum atomic E-state index is -3.99. The van der Waals surface area contributed by atoms with Gasteiger partial charge in [0, 0.05) is 29.9 Å². The van der Waals surface area contributed by atoms with E-state index in [9.17, 15) is 27.1 Å². The molecule has 0 saturated heterocycles. The Bertz CT molecular complexity index is 1560. The lowest BCUT2D eigenvalue weighted by Crippen LogP contribution is -2.55. The maximum absolute atomic E-state index is 14.8. The standard InChI is InChI=1S/C28H26F2N2O5S/c1-31-27(16-8-4-2-5-9-16)32(17-10-6-3-7-11-17)22-14-23-19(13-24(22)38(31,35)36)18-12-20(28(33)34)25(29)26(30)21(18)15-37-23/h3,6-7,10-14,16,27H,2,4-5,8-9,15H2,1H3,(H,33,34)/t27-/m0/s1. The van der Waals surface area contributed by atoms with E-state index in [-0.39, 0.29) is 39.9 Å². The number of hydrogen-bond acceptors (Lipinski definition) is 5. The molecule has 6 rings (SSSR count). The number of aromatic carboxylic acids is 1. The van der Waals surface area contributed by atoms with Crippen LogP contribution in [0.15, 0.2) is 53.4 Å². The van der Waals surface area contributed by atoms with E-state index in [1.54, 1.807) is 13.1 Å². The van der Waals surface area contributed by atoms with Crippen molar-refractivity contribution in [1.29, 1.82) is 0 Å². The molecular formula is C28H26F2N2O5S. The predicted molar refractivity (Wildman–Crippen MR) is 137 cm³/mol. The number of carboxylic acids is 1. The fraction of sp³-hybridized carbons (Fsp3) is 0.321. The topological polar surface area (TPSA) is 87.2 Å². The van der Waals surface area contributed by atoms with Gasteiger partial charge >= 0.3 is 5.97 Å². The molecule has 198 valence electrons. The number of sulfonamides is 1. The first-order valence-electron chi connectivity index (χ1n) is 12.6. The summed E-state index contributed by atoms with van der Waals surface area (Å²) in [5.41, 5.74) is 0.588. The van der Waals surface area contributed by atoms with Crippen LogP contribution in [-0.4, -0.2) is 37.0 Å². The second-order valence-corrected chi connectivity index (χ2v) is 12.0. The summed E-state index contributed by atoms with van der Waals surface area (Å²) in [5.74, 6) is -4.01. The highest BCUT2D eigenvalue weighted by atomic mass is 32.2. The highest BCUT2D eigenvalue weighted by Gasteiger charge is 2.46. The van der Waals surface area contributed by atoms with Crippen LogP contribution in [0, 0.1) is 17.6 Å². The van der Waals surface area contributed by atoms with E-state index in [0.717, 1.165) is 43.9 Å². The van der Waals surface area contributed by atoms with Gasteiger partial charge in [-0.25, -0.2) is 22.0 Å². The summed E-state index contributed by atoms with van der Waals surface area (Å²) in [6.45, 7) is -0.312. The van der Waals surface area contributed by atoms with Crippen LogP contribution in [0.4, 0.5) is 20.2 Å². The van der Waals surface area contributed by atoms with Crippen LogP contribution < -0.4 is 9.64 Å². The number of nitrogens with zero attached hydrogens (tertiary/aromatic N) is 2. The predicted octanol–water partition coefficient (Wildman–Crippen LogP) is 5.90. The molecule has 2 aliphatic heterocycles. The molecule has 0 amide bonds. The number of carboxylic acid groups (broad SMARTS) is 1. The van der Waals surface area contributed by atoms with Crippen molar-refractivity contribution in [2.45, 2.75) is 49.8 Å². The zero-order chi connectivity index (χ0) is 26.8.